The first-order valence-electron chi connectivity index (χ1n) is 4.58. The highest BCUT2D eigenvalue weighted by Crippen LogP contribution is 2.33. The minimum absolute atomic E-state index is 0.611. The molecule has 0 saturated heterocycles. The zero-order valence-corrected chi connectivity index (χ0v) is 7.56. The summed E-state index contributed by atoms with van der Waals surface area (Å²) in [6.07, 6.45) is 6.81. The lowest BCUT2D eigenvalue weighted by Gasteiger charge is -2.20. The molecule has 0 aromatic rings. The van der Waals surface area contributed by atoms with Gasteiger partial charge in [0, 0.05) is 18.2 Å². The zero-order valence-electron chi connectivity index (χ0n) is 7.56. The van der Waals surface area contributed by atoms with E-state index < -0.39 is 0 Å². The van der Waals surface area contributed by atoms with Gasteiger partial charge in [0.05, 0.1) is 0 Å². The maximum Gasteiger partial charge on any atom is 0.0335 e. The Morgan fingerprint density at radius 3 is 3.25 bits per heavy atom. The summed E-state index contributed by atoms with van der Waals surface area (Å²) in [6.45, 7) is 7.28. The largest absolute Gasteiger partial charge is 0.385 e. The van der Waals surface area contributed by atoms with Crippen LogP contribution in [0.2, 0.25) is 0 Å². The monoisotopic (exact) mass is 161 g/mol. The van der Waals surface area contributed by atoms with Crippen molar-refractivity contribution in [1.29, 1.82) is 0 Å². The molecule has 1 heterocycles. The molecule has 1 N–H and O–H groups in total. The molecule has 1 aliphatic carbocycles. The molecule has 1 nitrogen and oxygen atoms in total. The van der Waals surface area contributed by atoms with Crippen molar-refractivity contribution in [3.63, 3.8) is 0 Å². The van der Waals surface area contributed by atoms with Gasteiger partial charge in [0.25, 0.3) is 0 Å². The summed E-state index contributed by atoms with van der Waals surface area (Å²) in [7, 11) is 0. The van der Waals surface area contributed by atoms with Crippen molar-refractivity contribution in [3.8, 4) is 0 Å². The molecule has 1 aliphatic heterocycles. The summed E-state index contributed by atoms with van der Waals surface area (Å²) in [5.41, 5.74) is 4.23. The third-order valence-corrected chi connectivity index (χ3v) is 2.73. The number of hydrogen-bond donors (Lipinski definition) is 1. The lowest BCUT2D eigenvalue weighted by Crippen LogP contribution is -2.10. The van der Waals surface area contributed by atoms with Crippen LogP contribution in [0.4, 0.5) is 0 Å². The molecule has 0 saturated carbocycles. The zero-order chi connectivity index (χ0) is 8.55. The van der Waals surface area contributed by atoms with Gasteiger partial charge in [-0.3, -0.25) is 0 Å². The highest BCUT2D eigenvalue weighted by atomic mass is 14.9. The predicted octanol–water partition coefficient (Wildman–Crippen LogP) is 2.39. The number of hydrogen-bond acceptors (Lipinski definition) is 1. The Kier molecular flexibility index (Phi) is 1.80. The summed E-state index contributed by atoms with van der Waals surface area (Å²) in [4.78, 5) is 0. The van der Waals surface area contributed by atoms with Crippen molar-refractivity contribution < 1.29 is 0 Å². The fraction of sp³-hybridized carbons (Fsp3) is 0.455. The van der Waals surface area contributed by atoms with Crippen molar-refractivity contribution in [3.05, 3.63) is 35.6 Å². The quantitative estimate of drug-likeness (QED) is 0.582. The Morgan fingerprint density at radius 1 is 1.67 bits per heavy atom. The molecular weight excluding hydrogens is 146 g/mol. The molecule has 0 bridgehead atoms. The van der Waals surface area contributed by atoms with Crippen LogP contribution in [0, 0.1) is 5.92 Å². The topological polar surface area (TPSA) is 12.0 Å². The maximum atomic E-state index is 4.04. The van der Waals surface area contributed by atoms with Crippen LogP contribution in [-0.2, 0) is 0 Å². The van der Waals surface area contributed by atoms with E-state index in [0.717, 1.165) is 13.0 Å². The van der Waals surface area contributed by atoms with E-state index in [9.17, 15) is 0 Å². The van der Waals surface area contributed by atoms with Gasteiger partial charge in [0.1, 0.15) is 0 Å². The third kappa shape index (κ3) is 1.09. The summed E-state index contributed by atoms with van der Waals surface area (Å²) >= 11 is 0. The molecule has 1 unspecified atom stereocenters. The van der Waals surface area contributed by atoms with Crippen molar-refractivity contribution in [2.75, 3.05) is 6.54 Å². The molecule has 1 atom stereocenters. The van der Waals surface area contributed by atoms with Crippen molar-refractivity contribution in [2.24, 2.45) is 5.92 Å². The lowest BCUT2D eigenvalue weighted by atomic mass is 9.85. The minimum atomic E-state index is 0.611. The Bertz CT molecular complexity index is 271. The highest BCUT2D eigenvalue weighted by molar-refractivity contribution is 5.37. The number of nitrogens with one attached hydrogen (secondary N) is 1. The Morgan fingerprint density at radius 2 is 2.50 bits per heavy atom. The molecule has 0 spiro atoms. The second-order valence-electron chi connectivity index (χ2n) is 3.65. The molecule has 0 amide bonds. The van der Waals surface area contributed by atoms with E-state index in [1.165, 1.54) is 17.7 Å². The van der Waals surface area contributed by atoms with Crippen molar-refractivity contribution >= 4 is 0 Å². The van der Waals surface area contributed by atoms with Gasteiger partial charge in [-0.05, 0) is 31.4 Å². The summed E-state index contributed by atoms with van der Waals surface area (Å²) in [6, 6.07) is 0. The van der Waals surface area contributed by atoms with Gasteiger partial charge in [-0.25, -0.2) is 0 Å². The van der Waals surface area contributed by atoms with Crippen LogP contribution in [0.1, 0.15) is 19.8 Å². The standard InChI is InChI=1S/C11H15N/c1-8(2)9-4-3-5-11-10(9)6-7-12-11/h3,5,9,12H,1,4,6-7H2,2H3. The van der Waals surface area contributed by atoms with Gasteiger partial charge in [-0.15, -0.1) is 0 Å². The van der Waals surface area contributed by atoms with Gasteiger partial charge < -0.3 is 5.32 Å². The van der Waals surface area contributed by atoms with E-state index >= 15 is 0 Å². The predicted molar refractivity (Wildman–Crippen MR) is 51.7 cm³/mol. The molecular formula is C11H15N. The van der Waals surface area contributed by atoms with Gasteiger partial charge in [-0.1, -0.05) is 18.2 Å². The van der Waals surface area contributed by atoms with Crippen molar-refractivity contribution in [1.82, 2.24) is 5.32 Å². The molecule has 0 aromatic carbocycles. The van der Waals surface area contributed by atoms with Gasteiger partial charge >= 0.3 is 0 Å². The van der Waals surface area contributed by atoms with E-state index in [1.807, 2.05) is 0 Å². The van der Waals surface area contributed by atoms with Crippen LogP contribution in [0.15, 0.2) is 35.6 Å². The van der Waals surface area contributed by atoms with E-state index in [-0.39, 0.29) is 0 Å². The van der Waals surface area contributed by atoms with Gasteiger partial charge in [0.2, 0.25) is 0 Å². The van der Waals surface area contributed by atoms with E-state index in [4.69, 9.17) is 0 Å². The summed E-state index contributed by atoms with van der Waals surface area (Å²) < 4.78 is 0. The molecule has 0 radical (unpaired) electrons. The second kappa shape index (κ2) is 2.81. The van der Waals surface area contributed by atoms with Crippen LogP contribution in [0.5, 0.6) is 0 Å². The SMILES string of the molecule is C=C(C)C1CC=CC2=C1CCN2. The maximum absolute atomic E-state index is 4.04. The average Bonchev–Trinajstić information content (AvgIpc) is 2.49. The van der Waals surface area contributed by atoms with E-state index in [2.05, 4.69) is 31.0 Å². The Hall–Kier alpha value is -0.980. The average molecular weight is 161 g/mol. The van der Waals surface area contributed by atoms with Crippen LogP contribution in [0.3, 0.4) is 0 Å². The molecule has 12 heavy (non-hydrogen) atoms. The van der Waals surface area contributed by atoms with Crippen molar-refractivity contribution in [2.45, 2.75) is 19.8 Å². The molecule has 2 rings (SSSR count). The van der Waals surface area contributed by atoms with E-state index in [1.54, 1.807) is 5.57 Å². The lowest BCUT2D eigenvalue weighted by molar-refractivity contribution is 0.695. The Labute approximate surface area is 73.9 Å². The first-order chi connectivity index (χ1) is 5.79. The summed E-state index contributed by atoms with van der Waals surface area (Å²) in [5.74, 6) is 0.611. The molecule has 2 aliphatic rings. The fourth-order valence-corrected chi connectivity index (χ4v) is 2.07. The fourth-order valence-electron chi connectivity index (χ4n) is 2.07. The molecule has 0 fully saturated rings. The Balaban J connectivity index is 2.29. The molecule has 1 heteroatoms. The highest BCUT2D eigenvalue weighted by Gasteiger charge is 2.23. The first kappa shape index (κ1) is 7.66. The summed E-state index contributed by atoms with van der Waals surface area (Å²) in [5, 5.41) is 3.40. The second-order valence-corrected chi connectivity index (χ2v) is 3.65. The third-order valence-electron chi connectivity index (χ3n) is 2.73. The van der Waals surface area contributed by atoms with E-state index in [0.29, 0.717) is 5.92 Å². The number of rotatable bonds is 1. The minimum Gasteiger partial charge on any atom is -0.385 e. The van der Waals surface area contributed by atoms with Crippen LogP contribution in [0.25, 0.3) is 0 Å². The van der Waals surface area contributed by atoms with Gasteiger partial charge in [0.15, 0.2) is 0 Å². The number of allylic oxidation sites excluding steroid dienone is 3. The molecule has 64 valence electrons. The van der Waals surface area contributed by atoms with Crippen LogP contribution in [-0.4, -0.2) is 6.54 Å². The van der Waals surface area contributed by atoms with Crippen LogP contribution < -0.4 is 5.32 Å². The normalized spacial score (nSPS) is 26.9. The van der Waals surface area contributed by atoms with Crippen LogP contribution >= 0.6 is 0 Å². The smallest absolute Gasteiger partial charge is 0.0335 e. The van der Waals surface area contributed by atoms with Gasteiger partial charge in [-0.2, -0.15) is 0 Å². The first-order valence-corrected chi connectivity index (χ1v) is 4.58. The molecule has 0 aromatic heterocycles.